The summed E-state index contributed by atoms with van der Waals surface area (Å²) < 4.78 is 4.97. The quantitative estimate of drug-likeness (QED) is 0.428. The van der Waals surface area contributed by atoms with E-state index in [1.54, 1.807) is 6.92 Å². The number of carbonyl (C=O) groups excluding carboxylic acids is 2. The van der Waals surface area contributed by atoms with E-state index in [2.05, 4.69) is 0 Å². The summed E-state index contributed by atoms with van der Waals surface area (Å²) >= 11 is 0. The van der Waals surface area contributed by atoms with Gasteiger partial charge in [0.05, 0.1) is 6.61 Å². The summed E-state index contributed by atoms with van der Waals surface area (Å²) in [5.41, 5.74) is 0.730. The van der Waals surface area contributed by atoms with E-state index in [4.69, 9.17) is 9.84 Å². The molecule has 4 nitrogen and oxygen atoms in total. The molecule has 0 aromatic rings. The SMILES string of the molecule is CCOC(=O)[C@H]1C(=O)C(CCCCO)=C[C@@H]1CC. The molecular formula is C14H22O4. The van der Waals surface area contributed by atoms with Crippen molar-refractivity contribution in [2.24, 2.45) is 11.8 Å². The monoisotopic (exact) mass is 254 g/mol. The van der Waals surface area contributed by atoms with Crippen LogP contribution in [0, 0.1) is 11.8 Å². The molecule has 0 radical (unpaired) electrons. The van der Waals surface area contributed by atoms with E-state index in [1.807, 2.05) is 13.0 Å². The van der Waals surface area contributed by atoms with Crippen LogP contribution in [-0.4, -0.2) is 30.1 Å². The predicted molar refractivity (Wildman–Crippen MR) is 67.9 cm³/mol. The van der Waals surface area contributed by atoms with E-state index in [9.17, 15) is 9.59 Å². The minimum absolute atomic E-state index is 0.0272. The van der Waals surface area contributed by atoms with Crippen LogP contribution >= 0.6 is 0 Å². The van der Waals surface area contributed by atoms with Gasteiger partial charge in [0.2, 0.25) is 0 Å². The third-order valence-electron chi connectivity index (χ3n) is 3.31. The lowest BCUT2D eigenvalue weighted by Gasteiger charge is -2.14. The van der Waals surface area contributed by atoms with Gasteiger partial charge in [0.15, 0.2) is 5.78 Å². The summed E-state index contributed by atoms with van der Waals surface area (Å²) in [6.45, 7) is 4.16. The van der Waals surface area contributed by atoms with Crippen molar-refractivity contribution < 1.29 is 19.4 Å². The Bertz CT molecular complexity index is 333. The maximum Gasteiger partial charge on any atom is 0.317 e. The van der Waals surface area contributed by atoms with Crippen LogP contribution < -0.4 is 0 Å². The van der Waals surface area contributed by atoms with Gasteiger partial charge < -0.3 is 9.84 Å². The highest BCUT2D eigenvalue weighted by molar-refractivity contribution is 6.10. The van der Waals surface area contributed by atoms with Crippen LogP contribution in [-0.2, 0) is 14.3 Å². The number of allylic oxidation sites excluding steroid dienone is 2. The summed E-state index contributed by atoms with van der Waals surface area (Å²) in [5.74, 6) is -1.15. The molecule has 0 fully saturated rings. The minimum atomic E-state index is -0.640. The fraction of sp³-hybridized carbons (Fsp3) is 0.714. The Labute approximate surface area is 108 Å². The second kappa shape index (κ2) is 7.31. The molecule has 18 heavy (non-hydrogen) atoms. The topological polar surface area (TPSA) is 63.6 Å². The van der Waals surface area contributed by atoms with Crippen LogP contribution in [0.4, 0.5) is 0 Å². The molecule has 0 spiro atoms. The maximum absolute atomic E-state index is 12.2. The van der Waals surface area contributed by atoms with Gasteiger partial charge in [0, 0.05) is 6.61 Å². The summed E-state index contributed by atoms with van der Waals surface area (Å²) in [4.78, 5) is 23.9. The number of unbranched alkanes of at least 4 members (excludes halogenated alkanes) is 1. The third-order valence-corrected chi connectivity index (χ3v) is 3.31. The molecule has 0 bridgehead atoms. The molecule has 0 amide bonds. The van der Waals surface area contributed by atoms with E-state index in [0.29, 0.717) is 19.4 Å². The number of hydrogen-bond acceptors (Lipinski definition) is 4. The number of carbonyl (C=O) groups is 2. The molecule has 0 saturated carbocycles. The van der Waals surface area contributed by atoms with Gasteiger partial charge in [-0.25, -0.2) is 0 Å². The van der Waals surface area contributed by atoms with Crippen molar-refractivity contribution in [2.75, 3.05) is 13.2 Å². The van der Waals surface area contributed by atoms with Gasteiger partial charge in [-0.15, -0.1) is 0 Å². The van der Waals surface area contributed by atoms with Crippen LogP contribution in [0.5, 0.6) is 0 Å². The molecule has 2 atom stereocenters. The lowest BCUT2D eigenvalue weighted by molar-refractivity contribution is -0.151. The lowest BCUT2D eigenvalue weighted by atomic mass is 9.92. The molecule has 1 aliphatic rings. The summed E-state index contributed by atoms with van der Waals surface area (Å²) in [7, 11) is 0. The molecule has 0 heterocycles. The Morgan fingerprint density at radius 3 is 2.67 bits per heavy atom. The molecule has 0 aliphatic heterocycles. The average Bonchev–Trinajstić information content (AvgIpc) is 2.67. The largest absolute Gasteiger partial charge is 0.465 e. The van der Waals surface area contributed by atoms with Gasteiger partial charge in [0.1, 0.15) is 5.92 Å². The van der Waals surface area contributed by atoms with Crippen molar-refractivity contribution in [1.82, 2.24) is 0 Å². The number of hydrogen-bond donors (Lipinski definition) is 1. The Morgan fingerprint density at radius 1 is 1.39 bits per heavy atom. The number of Topliss-reactive ketones (excluding diaryl/α,β-unsaturated/α-hetero) is 1. The first-order valence-electron chi connectivity index (χ1n) is 6.68. The van der Waals surface area contributed by atoms with Crippen LogP contribution in [0.3, 0.4) is 0 Å². The number of rotatable bonds is 7. The third kappa shape index (κ3) is 3.42. The summed E-state index contributed by atoms with van der Waals surface area (Å²) in [5, 5.41) is 8.74. The molecule has 0 unspecified atom stereocenters. The van der Waals surface area contributed by atoms with Crippen LogP contribution in [0.25, 0.3) is 0 Å². The summed E-state index contributed by atoms with van der Waals surface area (Å²) in [6.07, 6.45) is 4.79. The summed E-state index contributed by atoms with van der Waals surface area (Å²) in [6, 6.07) is 0. The van der Waals surface area contributed by atoms with Gasteiger partial charge in [-0.1, -0.05) is 13.0 Å². The molecule has 0 aromatic carbocycles. The van der Waals surface area contributed by atoms with Crippen LogP contribution in [0.15, 0.2) is 11.6 Å². The van der Waals surface area contributed by atoms with E-state index < -0.39 is 11.9 Å². The number of ketones is 1. The maximum atomic E-state index is 12.2. The second-order valence-corrected chi connectivity index (χ2v) is 4.54. The Hall–Kier alpha value is -1.16. The van der Waals surface area contributed by atoms with Crippen molar-refractivity contribution in [3.63, 3.8) is 0 Å². The van der Waals surface area contributed by atoms with Gasteiger partial charge in [-0.3, -0.25) is 9.59 Å². The fourth-order valence-electron chi connectivity index (χ4n) is 2.33. The first-order valence-corrected chi connectivity index (χ1v) is 6.68. The van der Waals surface area contributed by atoms with Crippen LogP contribution in [0.1, 0.15) is 39.5 Å². The molecule has 4 heteroatoms. The highest BCUT2D eigenvalue weighted by Gasteiger charge is 2.40. The smallest absolute Gasteiger partial charge is 0.317 e. The van der Waals surface area contributed by atoms with Crippen molar-refractivity contribution in [3.8, 4) is 0 Å². The highest BCUT2D eigenvalue weighted by atomic mass is 16.5. The van der Waals surface area contributed by atoms with Gasteiger partial charge in [-0.05, 0) is 44.1 Å². The lowest BCUT2D eigenvalue weighted by Crippen LogP contribution is -2.28. The Morgan fingerprint density at radius 2 is 2.11 bits per heavy atom. The van der Waals surface area contributed by atoms with Gasteiger partial charge in [-0.2, -0.15) is 0 Å². The molecule has 102 valence electrons. The number of aliphatic hydroxyl groups excluding tert-OH is 1. The van der Waals surface area contributed by atoms with Crippen LogP contribution in [0.2, 0.25) is 0 Å². The first kappa shape index (κ1) is 14.9. The minimum Gasteiger partial charge on any atom is -0.465 e. The number of aliphatic hydroxyl groups is 1. The molecule has 0 saturated heterocycles. The average molecular weight is 254 g/mol. The zero-order chi connectivity index (χ0) is 13.5. The van der Waals surface area contributed by atoms with E-state index in [1.165, 1.54) is 0 Å². The molecule has 1 N–H and O–H groups in total. The van der Waals surface area contributed by atoms with Crippen molar-refractivity contribution in [2.45, 2.75) is 39.5 Å². The zero-order valence-corrected chi connectivity index (χ0v) is 11.1. The molecule has 0 aromatic heterocycles. The van der Waals surface area contributed by atoms with Gasteiger partial charge >= 0.3 is 5.97 Å². The number of esters is 1. The second-order valence-electron chi connectivity index (χ2n) is 4.54. The normalized spacial score (nSPS) is 23.1. The zero-order valence-electron chi connectivity index (χ0n) is 11.1. The first-order chi connectivity index (χ1) is 8.65. The fourth-order valence-corrected chi connectivity index (χ4v) is 2.33. The number of ether oxygens (including phenoxy) is 1. The highest BCUT2D eigenvalue weighted by Crippen LogP contribution is 2.33. The van der Waals surface area contributed by atoms with E-state index >= 15 is 0 Å². The van der Waals surface area contributed by atoms with E-state index in [-0.39, 0.29) is 18.3 Å². The molecular weight excluding hydrogens is 232 g/mol. The Kier molecular flexibility index (Phi) is 6.05. The Balaban J connectivity index is 2.67. The predicted octanol–water partition coefficient (Wildman–Crippen LogP) is 1.86. The standard InChI is InChI=1S/C14H22O4/c1-3-10-9-11(7-5-6-8-15)13(16)12(10)14(17)18-4-2/h9-10,12,15H,3-8H2,1-2H3/t10-,12+/m0/s1. The van der Waals surface area contributed by atoms with Gasteiger partial charge in [0.25, 0.3) is 0 Å². The van der Waals surface area contributed by atoms with Crippen molar-refractivity contribution in [1.29, 1.82) is 0 Å². The van der Waals surface area contributed by atoms with E-state index in [0.717, 1.165) is 18.4 Å². The van der Waals surface area contributed by atoms with Crippen molar-refractivity contribution >= 4 is 11.8 Å². The molecule has 1 rings (SSSR count). The van der Waals surface area contributed by atoms with Crippen molar-refractivity contribution in [3.05, 3.63) is 11.6 Å². The molecule has 1 aliphatic carbocycles.